The van der Waals surface area contributed by atoms with Gasteiger partial charge in [-0.15, -0.1) is 0 Å². The Morgan fingerprint density at radius 1 is 1.32 bits per heavy atom. The summed E-state index contributed by atoms with van der Waals surface area (Å²) in [5.41, 5.74) is 0.136. The molecule has 1 saturated carbocycles. The van der Waals surface area contributed by atoms with Gasteiger partial charge in [0.15, 0.2) is 0 Å². The first-order chi connectivity index (χ1) is 12.0. The molecular weight excluding hydrogens is 321 g/mol. The molecule has 0 bridgehead atoms. The first kappa shape index (κ1) is 17.8. The summed E-state index contributed by atoms with van der Waals surface area (Å²) in [6, 6.07) is 8.35. The number of aliphatic hydroxyl groups is 1. The maximum Gasteiger partial charge on any atom is 0.235 e. The second kappa shape index (κ2) is 7.51. The molecule has 6 heteroatoms. The lowest BCUT2D eigenvalue weighted by Gasteiger charge is -2.33. The van der Waals surface area contributed by atoms with Crippen molar-refractivity contribution < 1.29 is 14.3 Å². The summed E-state index contributed by atoms with van der Waals surface area (Å²) in [5.74, 6) is -0.496. The lowest BCUT2D eigenvalue weighted by molar-refractivity contribution is -0.124. The first-order valence-corrected chi connectivity index (χ1v) is 8.91. The predicted molar refractivity (Wildman–Crippen MR) is 90.9 cm³/mol. The summed E-state index contributed by atoms with van der Waals surface area (Å²) in [6.07, 6.45) is 4.40. The number of nitriles is 1. The number of β-amino-alcohol motifs (C(OH)–C–C–N with tert-alkyl or cyclic N) is 1. The van der Waals surface area contributed by atoms with Gasteiger partial charge in [0, 0.05) is 12.6 Å². The number of rotatable bonds is 4. The SMILES string of the molecule is N#CC1(NC(=O)CN2CC(O)CC2c2ccc(F)cc2)CCCCC1. The van der Waals surface area contributed by atoms with Crippen LogP contribution in [0.5, 0.6) is 0 Å². The van der Waals surface area contributed by atoms with Crippen molar-refractivity contribution >= 4 is 5.91 Å². The van der Waals surface area contributed by atoms with Crippen LogP contribution in [-0.2, 0) is 4.79 Å². The summed E-state index contributed by atoms with van der Waals surface area (Å²) < 4.78 is 13.1. The Bertz CT molecular complexity index is 650. The highest BCUT2D eigenvalue weighted by Crippen LogP contribution is 2.32. The van der Waals surface area contributed by atoms with Crippen LogP contribution in [0.2, 0.25) is 0 Å². The van der Waals surface area contributed by atoms with E-state index in [2.05, 4.69) is 11.4 Å². The largest absolute Gasteiger partial charge is 0.392 e. The molecule has 134 valence electrons. The summed E-state index contributed by atoms with van der Waals surface area (Å²) in [5, 5.41) is 22.4. The monoisotopic (exact) mass is 345 g/mol. The Kier molecular flexibility index (Phi) is 5.36. The number of benzene rings is 1. The van der Waals surface area contributed by atoms with Gasteiger partial charge in [0.05, 0.1) is 18.7 Å². The second-order valence-corrected chi connectivity index (χ2v) is 7.19. The van der Waals surface area contributed by atoms with Crippen LogP contribution in [-0.4, -0.2) is 40.6 Å². The van der Waals surface area contributed by atoms with Crippen LogP contribution in [0.1, 0.15) is 50.1 Å². The lowest BCUT2D eigenvalue weighted by atomic mass is 9.83. The quantitative estimate of drug-likeness (QED) is 0.878. The fourth-order valence-electron chi connectivity index (χ4n) is 4.00. The molecule has 1 heterocycles. The normalized spacial score (nSPS) is 26.1. The predicted octanol–water partition coefficient (Wildman–Crippen LogP) is 2.28. The van der Waals surface area contributed by atoms with Gasteiger partial charge in [0.25, 0.3) is 0 Å². The number of likely N-dealkylation sites (tertiary alicyclic amines) is 1. The smallest absolute Gasteiger partial charge is 0.235 e. The minimum Gasteiger partial charge on any atom is -0.392 e. The number of carbonyl (C=O) groups excluding carboxylic acids is 1. The number of nitrogens with zero attached hydrogens (tertiary/aromatic N) is 2. The highest BCUT2D eigenvalue weighted by molar-refractivity contribution is 5.79. The van der Waals surface area contributed by atoms with Gasteiger partial charge in [0.2, 0.25) is 5.91 Å². The molecule has 25 heavy (non-hydrogen) atoms. The van der Waals surface area contributed by atoms with Gasteiger partial charge in [-0.1, -0.05) is 31.4 Å². The fraction of sp³-hybridized carbons (Fsp3) is 0.579. The molecule has 3 rings (SSSR count). The molecule has 0 aromatic heterocycles. The molecule has 1 amide bonds. The van der Waals surface area contributed by atoms with Crippen molar-refractivity contribution in [3.8, 4) is 6.07 Å². The minimum atomic E-state index is -0.751. The second-order valence-electron chi connectivity index (χ2n) is 7.19. The van der Waals surface area contributed by atoms with Crippen molar-refractivity contribution in [2.24, 2.45) is 0 Å². The summed E-state index contributed by atoms with van der Waals surface area (Å²) in [4.78, 5) is 14.4. The van der Waals surface area contributed by atoms with Gasteiger partial charge in [-0.2, -0.15) is 5.26 Å². The van der Waals surface area contributed by atoms with Crippen LogP contribution in [0.4, 0.5) is 4.39 Å². The van der Waals surface area contributed by atoms with Crippen LogP contribution < -0.4 is 5.32 Å². The molecule has 2 fully saturated rings. The van der Waals surface area contributed by atoms with Crippen molar-refractivity contribution in [2.75, 3.05) is 13.1 Å². The van der Waals surface area contributed by atoms with E-state index in [0.29, 0.717) is 25.8 Å². The van der Waals surface area contributed by atoms with E-state index >= 15 is 0 Å². The maximum atomic E-state index is 13.1. The van der Waals surface area contributed by atoms with E-state index in [1.165, 1.54) is 12.1 Å². The molecule has 2 atom stereocenters. The fourth-order valence-corrected chi connectivity index (χ4v) is 4.00. The third kappa shape index (κ3) is 4.17. The number of amides is 1. The summed E-state index contributed by atoms with van der Waals surface area (Å²) >= 11 is 0. The lowest BCUT2D eigenvalue weighted by Crippen LogP contribution is -2.51. The van der Waals surface area contributed by atoms with Gasteiger partial charge in [-0.25, -0.2) is 4.39 Å². The zero-order valence-electron chi connectivity index (χ0n) is 14.2. The maximum absolute atomic E-state index is 13.1. The molecule has 2 aliphatic rings. The Balaban J connectivity index is 1.66. The van der Waals surface area contributed by atoms with Crippen molar-refractivity contribution in [3.05, 3.63) is 35.6 Å². The van der Waals surface area contributed by atoms with Gasteiger partial charge < -0.3 is 10.4 Å². The van der Waals surface area contributed by atoms with E-state index in [9.17, 15) is 19.6 Å². The van der Waals surface area contributed by atoms with Gasteiger partial charge in [-0.3, -0.25) is 9.69 Å². The van der Waals surface area contributed by atoms with Crippen molar-refractivity contribution in [1.29, 1.82) is 5.26 Å². The number of halogens is 1. The molecule has 5 nitrogen and oxygen atoms in total. The molecular formula is C19H24FN3O2. The van der Waals surface area contributed by atoms with Crippen LogP contribution in [0.15, 0.2) is 24.3 Å². The first-order valence-electron chi connectivity index (χ1n) is 8.91. The molecule has 2 N–H and O–H groups in total. The van der Waals surface area contributed by atoms with Crippen molar-refractivity contribution in [1.82, 2.24) is 10.2 Å². The van der Waals surface area contributed by atoms with E-state index in [4.69, 9.17) is 0 Å². The van der Waals surface area contributed by atoms with E-state index < -0.39 is 11.6 Å². The average Bonchev–Trinajstić information content (AvgIpc) is 2.96. The number of carbonyl (C=O) groups is 1. The highest BCUT2D eigenvalue weighted by Gasteiger charge is 2.37. The highest BCUT2D eigenvalue weighted by atomic mass is 19.1. The van der Waals surface area contributed by atoms with E-state index in [0.717, 1.165) is 24.8 Å². The summed E-state index contributed by atoms with van der Waals surface area (Å²) in [6.45, 7) is 0.525. The Hall–Kier alpha value is -1.97. The molecule has 0 spiro atoms. The van der Waals surface area contributed by atoms with Crippen LogP contribution in [0, 0.1) is 17.1 Å². The molecule has 1 aromatic carbocycles. The number of nitrogens with one attached hydrogen (secondary N) is 1. The van der Waals surface area contributed by atoms with E-state index in [1.54, 1.807) is 12.1 Å². The topological polar surface area (TPSA) is 76.4 Å². The number of hydrogen-bond donors (Lipinski definition) is 2. The average molecular weight is 345 g/mol. The Morgan fingerprint density at radius 2 is 2.00 bits per heavy atom. The number of hydrogen-bond acceptors (Lipinski definition) is 4. The van der Waals surface area contributed by atoms with Gasteiger partial charge in [0.1, 0.15) is 11.4 Å². The van der Waals surface area contributed by atoms with E-state index in [1.807, 2.05) is 4.90 Å². The molecule has 1 saturated heterocycles. The van der Waals surface area contributed by atoms with Crippen LogP contribution in [0.25, 0.3) is 0 Å². The molecule has 2 unspecified atom stereocenters. The third-order valence-electron chi connectivity index (χ3n) is 5.28. The Labute approximate surface area is 147 Å². The molecule has 1 aliphatic heterocycles. The van der Waals surface area contributed by atoms with Crippen LogP contribution in [0.3, 0.4) is 0 Å². The zero-order valence-corrected chi connectivity index (χ0v) is 14.2. The zero-order chi connectivity index (χ0) is 17.9. The number of aliphatic hydroxyl groups excluding tert-OH is 1. The van der Waals surface area contributed by atoms with Crippen molar-refractivity contribution in [2.45, 2.75) is 56.2 Å². The van der Waals surface area contributed by atoms with Gasteiger partial charge in [-0.05, 0) is 37.0 Å². The standard InChI is InChI=1S/C19H24FN3O2/c20-15-6-4-14(5-7-15)17-10-16(24)11-23(17)12-18(25)22-19(13-21)8-2-1-3-9-19/h4-7,16-17,24H,1-3,8-12H2,(H,22,25). The third-order valence-corrected chi connectivity index (χ3v) is 5.28. The Morgan fingerprint density at radius 3 is 2.64 bits per heavy atom. The summed E-state index contributed by atoms with van der Waals surface area (Å²) in [7, 11) is 0. The van der Waals surface area contributed by atoms with Crippen LogP contribution >= 0.6 is 0 Å². The minimum absolute atomic E-state index is 0.120. The molecule has 1 aromatic rings. The van der Waals surface area contributed by atoms with E-state index in [-0.39, 0.29) is 24.3 Å². The van der Waals surface area contributed by atoms with Crippen molar-refractivity contribution in [3.63, 3.8) is 0 Å². The molecule has 1 aliphatic carbocycles. The molecule has 0 radical (unpaired) electrons. The van der Waals surface area contributed by atoms with Gasteiger partial charge >= 0.3 is 0 Å².